The summed E-state index contributed by atoms with van der Waals surface area (Å²) in [5.74, 6) is 0. The first kappa shape index (κ1) is 11.7. The quantitative estimate of drug-likeness (QED) is 0.469. The molecule has 0 unspecified atom stereocenters. The molecule has 0 saturated heterocycles. The average Bonchev–Trinajstić information content (AvgIpc) is 2.10. The summed E-state index contributed by atoms with van der Waals surface area (Å²) < 4.78 is 0. The van der Waals surface area contributed by atoms with Gasteiger partial charge in [-0.25, -0.2) is 0 Å². The molecule has 0 fully saturated rings. The first-order chi connectivity index (χ1) is 5.91. The fourth-order valence-electron chi connectivity index (χ4n) is 1.32. The van der Waals surface area contributed by atoms with E-state index in [0.29, 0.717) is 0 Å². The third kappa shape index (κ3) is 9.74. The third-order valence-electron chi connectivity index (χ3n) is 2.11. The van der Waals surface area contributed by atoms with Gasteiger partial charge in [0.2, 0.25) is 0 Å². The van der Waals surface area contributed by atoms with Crippen LogP contribution in [0.5, 0.6) is 0 Å². The van der Waals surface area contributed by atoms with E-state index < -0.39 is 0 Å². The van der Waals surface area contributed by atoms with E-state index in [0.717, 1.165) is 6.42 Å². The Hall–Kier alpha value is -0.260. The summed E-state index contributed by atoms with van der Waals surface area (Å²) in [4.78, 5) is 0. The standard InChI is InChI=1S/C12H22/c1-3-5-7-9-11-12-10-8-6-4-2/h1,3,5H,4,6-12H2,2H3. The van der Waals surface area contributed by atoms with Gasteiger partial charge in [-0.2, -0.15) is 0 Å². The maximum absolute atomic E-state index is 5.23. The molecule has 12 heavy (non-hydrogen) atoms. The van der Waals surface area contributed by atoms with Crippen molar-refractivity contribution in [2.24, 2.45) is 0 Å². The summed E-state index contributed by atoms with van der Waals surface area (Å²) in [5, 5.41) is 0. The minimum atomic E-state index is 1.16. The predicted molar refractivity (Wildman–Crippen MR) is 56.1 cm³/mol. The van der Waals surface area contributed by atoms with Crippen molar-refractivity contribution in [3.05, 3.63) is 19.1 Å². The molecule has 0 aliphatic rings. The van der Waals surface area contributed by atoms with Gasteiger partial charge in [0.15, 0.2) is 0 Å². The van der Waals surface area contributed by atoms with Crippen molar-refractivity contribution in [3.8, 4) is 0 Å². The molecule has 0 N–H and O–H groups in total. The smallest absolute Gasteiger partial charge is 0.00958 e. The molecular weight excluding hydrogens is 144 g/mol. The lowest BCUT2D eigenvalue weighted by Crippen LogP contribution is -1.78. The molecule has 2 radical (unpaired) electrons. The summed E-state index contributed by atoms with van der Waals surface area (Å²) in [7, 11) is 0. The van der Waals surface area contributed by atoms with Crippen LogP contribution in [0.1, 0.15) is 58.3 Å². The van der Waals surface area contributed by atoms with Gasteiger partial charge >= 0.3 is 0 Å². The summed E-state index contributed by atoms with van der Waals surface area (Å²) in [6.45, 7) is 7.48. The van der Waals surface area contributed by atoms with Crippen LogP contribution in [0.3, 0.4) is 0 Å². The maximum Gasteiger partial charge on any atom is -0.00958 e. The highest BCUT2D eigenvalue weighted by atomic mass is 13.9. The molecule has 0 aromatic carbocycles. The summed E-state index contributed by atoms with van der Waals surface area (Å²) in [6.07, 6.45) is 14.5. The van der Waals surface area contributed by atoms with E-state index in [1.165, 1.54) is 44.9 Å². The lowest BCUT2D eigenvalue weighted by Gasteiger charge is -1.98. The second-order valence-corrected chi connectivity index (χ2v) is 3.34. The minimum Gasteiger partial charge on any atom is -0.0882 e. The molecule has 0 bridgehead atoms. The van der Waals surface area contributed by atoms with Gasteiger partial charge in [0.1, 0.15) is 0 Å². The molecular formula is C12H22. The zero-order chi connectivity index (χ0) is 9.07. The van der Waals surface area contributed by atoms with Crippen LogP contribution in [0.4, 0.5) is 0 Å². The first-order valence-electron chi connectivity index (χ1n) is 5.28. The van der Waals surface area contributed by atoms with Crippen LogP contribution < -0.4 is 0 Å². The maximum atomic E-state index is 5.23. The highest BCUT2D eigenvalue weighted by Gasteiger charge is 1.88. The average molecular weight is 166 g/mol. The molecule has 0 heteroatoms. The molecule has 0 atom stereocenters. The summed E-state index contributed by atoms with van der Waals surface area (Å²) in [6, 6.07) is 0. The lowest BCUT2D eigenvalue weighted by molar-refractivity contribution is 0.592. The molecule has 0 aromatic rings. The Morgan fingerprint density at radius 1 is 0.917 bits per heavy atom. The van der Waals surface area contributed by atoms with Crippen LogP contribution in [0, 0.1) is 6.92 Å². The van der Waals surface area contributed by atoms with Gasteiger partial charge < -0.3 is 0 Å². The van der Waals surface area contributed by atoms with Gasteiger partial charge in [-0.3, -0.25) is 0 Å². The van der Waals surface area contributed by atoms with Crippen molar-refractivity contribution in [1.29, 1.82) is 0 Å². The van der Waals surface area contributed by atoms with Crippen molar-refractivity contribution >= 4 is 0 Å². The van der Waals surface area contributed by atoms with Crippen LogP contribution in [0.2, 0.25) is 0 Å². The highest BCUT2D eigenvalue weighted by molar-refractivity contribution is 4.83. The molecule has 0 nitrogen and oxygen atoms in total. The zero-order valence-corrected chi connectivity index (χ0v) is 8.39. The van der Waals surface area contributed by atoms with Crippen LogP contribution >= 0.6 is 0 Å². The van der Waals surface area contributed by atoms with Gasteiger partial charge in [0.25, 0.3) is 0 Å². The van der Waals surface area contributed by atoms with Crippen molar-refractivity contribution in [2.75, 3.05) is 0 Å². The van der Waals surface area contributed by atoms with Crippen molar-refractivity contribution in [3.63, 3.8) is 0 Å². The third-order valence-corrected chi connectivity index (χ3v) is 2.11. The molecule has 0 aliphatic heterocycles. The fourth-order valence-corrected chi connectivity index (χ4v) is 1.32. The van der Waals surface area contributed by atoms with Crippen molar-refractivity contribution in [1.82, 2.24) is 0 Å². The van der Waals surface area contributed by atoms with E-state index in [-0.39, 0.29) is 0 Å². The number of hydrogen-bond donors (Lipinski definition) is 0. The summed E-state index contributed by atoms with van der Waals surface area (Å²) >= 11 is 0. The molecule has 0 aliphatic carbocycles. The second kappa shape index (κ2) is 10.7. The number of hydrogen-bond acceptors (Lipinski definition) is 0. The molecule has 0 saturated carbocycles. The van der Waals surface area contributed by atoms with E-state index in [1.54, 1.807) is 6.08 Å². The van der Waals surface area contributed by atoms with E-state index >= 15 is 0 Å². The van der Waals surface area contributed by atoms with Crippen LogP contribution in [-0.4, -0.2) is 0 Å². The van der Waals surface area contributed by atoms with E-state index in [1.807, 2.05) is 6.08 Å². The van der Waals surface area contributed by atoms with Crippen LogP contribution in [0.25, 0.3) is 0 Å². The topological polar surface area (TPSA) is 0 Å². The fraction of sp³-hybridized carbons (Fsp3) is 0.750. The van der Waals surface area contributed by atoms with Crippen molar-refractivity contribution in [2.45, 2.75) is 58.3 Å². The van der Waals surface area contributed by atoms with Crippen LogP contribution in [-0.2, 0) is 0 Å². The number of allylic oxidation sites excluding steroid dienone is 2. The molecule has 0 rings (SSSR count). The Labute approximate surface area is 78.1 Å². The first-order valence-corrected chi connectivity index (χ1v) is 5.28. The van der Waals surface area contributed by atoms with E-state index in [2.05, 4.69) is 6.92 Å². The Balaban J connectivity index is 2.81. The van der Waals surface area contributed by atoms with Crippen molar-refractivity contribution < 1.29 is 0 Å². The summed E-state index contributed by atoms with van der Waals surface area (Å²) in [5.41, 5.74) is 0. The van der Waals surface area contributed by atoms with Crippen LogP contribution in [0.15, 0.2) is 12.2 Å². The zero-order valence-electron chi connectivity index (χ0n) is 8.39. The normalized spacial score (nSPS) is 11.2. The minimum absolute atomic E-state index is 1.16. The Morgan fingerprint density at radius 3 is 2.08 bits per heavy atom. The van der Waals surface area contributed by atoms with Gasteiger partial charge in [0, 0.05) is 0 Å². The molecule has 0 heterocycles. The number of unbranched alkanes of at least 4 members (excludes halogenated alkanes) is 7. The lowest BCUT2D eigenvalue weighted by atomic mass is 10.1. The second-order valence-electron chi connectivity index (χ2n) is 3.34. The largest absolute Gasteiger partial charge is 0.0882 e. The van der Waals surface area contributed by atoms with Gasteiger partial charge in [-0.1, -0.05) is 57.6 Å². The SMILES string of the molecule is [CH]C=CCCCCCCCCC. The predicted octanol–water partition coefficient (Wildman–Crippen LogP) is 4.39. The molecule has 0 amide bonds. The number of rotatable bonds is 8. The monoisotopic (exact) mass is 166 g/mol. The Bertz CT molecular complexity index is 92.2. The van der Waals surface area contributed by atoms with Gasteiger partial charge in [0.05, 0.1) is 0 Å². The Morgan fingerprint density at radius 2 is 1.50 bits per heavy atom. The van der Waals surface area contributed by atoms with E-state index in [9.17, 15) is 0 Å². The van der Waals surface area contributed by atoms with E-state index in [4.69, 9.17) is 6.92 Å². The molecule has 70 valence electrons. The molecule has 0 aromatic heterocycles. The highest BCUT2D eigenvalue weighted by Crippen LogP contribution is 2.08. The Kier molecular flexibility index (Phi) is 10.5. The molecule has 0 spiro atoms. The van der Waals surface area contributed by atoms with Gasteiger partial charge in [-0.05, 0) is 19.8 Å². The van der Waals surface area contributed by atoms with Gasteiger partial charge in [-0.15, -0.1) is 0 Å².